The van der Waals surface area contributed by atoms with E-state index in [1.807, 2.05) is 18.3 Å². The highest BCUT2D eigenvalue weighted by Crippen LogP contribution is 2.38. The predicted molar refractivity (Wildman–Crippen MR) is 216 cm³/mol. The van der Waals surface area contributed by atoms with Gasteiger partial charge in [-0.25, -0.2) is 0 Å². The molecule has 1 unspecified atom stereocenters. The van der Waals surface area contributed by atoms with Crippen LogP contribution < -0.4 is 25.7 Å². The van der Waals surface area contributed by atoms with Gasteiger partial charge in [0.25, 0.3) is 5.56 Å². The molecule has 13 nitrogen and oxygen atoms in total. The number of ether oxygens (including phenoxy) is 2. The lowest BCUT2D eigenvalue weighted by molar-refractivity contribution is -0.136. The topological polar surface area (TPSA) is 161 Å². The molecule has 13 heteroatoms. The first-order chi connectivity index (χ1) is 27.2. The number of amides is 3. The molecule has 4 aromatic rings. The minimum atomic E-state index is -0.173. The molecule has 3 N–H and O–H groups in total. The maximum absolute atomic E-state index is 12.6. The first-order valence-corrected chi connectivity index (χ1v) is 20.3. The van der Waals surface area contributed by atoms with Gasteiger partial charge < -0.3 is 24.3 Å². The van der Waals surface area contributed by atoms with Crippen molar-refractivity contribution in [2.45, 2.75) is 95.8 Å². The highest BCUT2D eigenvalue weighted by molar-refractivity contribution is 5.98. The van der Waals surface area contributed by atoms with E-state index in [2.05, 4.69) is 37.9 Å². The third kappa shape index (κ3) is 10.4. The third-order valence-corrected chi connectivity index (χ3v) is 11.4. The Labute approximate surface area is 328 Å². The number of aryl methyl sites for hydroxylation is 1. The smallest absolute Gasteiger partial charge is 0.276 e. The van der Waals surface area contributed by atoms with Crippen LogP contribution >= 0.6 is 0 Å². The van der Waals surface area contributed by atoms with Crippen molar-refractivity contribution < 1.29 is 23.9 Å². The number of pyridine rings is 2. The summed E-state index contributed by atoms with van der Waals surface area (Å²) in [7, 11) is 4.97. The summed E-state index contributed by atoms with van der Waals surface area (Å²) in [5, 5.41) is 13.2. The number of unbranched alkanes of at least 4 members (excludes halogenated alkanes) is 5. The number of aromatic amines is 1. The summed E-state index contributed by atoms with van der Waals surface area (Å²) in [5.41, 5.74) is 5.11. The first-order valence-electron chi connectivity index (χ1n) is 20.3. The Morgan fingerprint density at radius 1 is 0.929 bits per heavy atom. The van der Waals surface area contributed by atoms with Crippen LogP contribution in [-0.4, -0.2) is 82.8 Å². The number of imide groups is 1. The van der Waals surface area contributed by atoms with Crippen LogP contribution in [0.15, 0.2) is 47.7 Å². The normalized spacial score (nSPS) is 16.6. The van der Waals surface area contributed by atoms with E-state index in [0.29, 0.717) is 68.0 Å². The Hall–Kier alpha value is -5.04. The second-order valence-corrected chi connectivity index (χ2v) is 15.4. The van der Waals surface area contributed by atoms with E-state index in [1.54, 1.807) is 33.7 Å². The maximum Gasteiger partial charge on any atom is 0.276 e. The molecule has 0 aliphatic carbocycles. The van der Waals surface area contributed by atoms with E-state index in [-0.39, 0.29) is 29.2 Å². The average molecular weight is 768 g/mol. The van der Waals surface area contributed by atoms with Crippen LogP contribution in [0, 0.1) is 5.92 Å². The SMILES string of the molecule is COc1cc(-c2cn(C)c(=O)c3[nH]ncc23)cc(OC)c1CCCC(=O)NCCCCCCCCN1CCC(c2ccc(CC3CCC(=O)NC3=O)cn2)CC1. The number of nitrogens with zero attached hydrogens (tertiary/aromatic N) is 4. The minimum Gasteiger partial charge on any atom is -0.496 e. The number of rotatable bonds is 19. The molecular weight excluding hydrogens is 711 g/mol. The summed E-state index contributed by atoms with van der Waals surface area (Å²) in [6.07, 6.45) is 17.9. The fourth-order valence-corrected chi connectivity index (χ4v) is 8.15. The number of benzene rings is 1. The van der Waals surface area contributed by atoms with Gasteiger partial charge in [0.2, 0.25) is 17.7 Å². The van der Waals surface area contributed by atoms with Crippen molar-refractivity contribution >= 4 is 28.6 Å². The number of aromatic nitrogens is 4. The zero-order valence-electron chi connectivity index (χ0n) is 33.2. The molecule has 5 heterocycles. The average Bonchev–Trinajstić information content (AvgIpc) is 3.71. The fraction of sp³-hybridized carbons (Fsp3) is 0.535. The molecule has 1 aromatic carbocycles. The highest BCUT2D eigenvalue weighted by Gasteiger charge is 2.27. The lowest BCUT2D eigenvalue weighted by atomic mass is 9.90. The molecule has 3 aromatic heterocycles. The van der Waals surface area contributed by atoms with Crippen molar-refractivity contribution in [2.75, 3.05) is 40.4 Å². The Kier molecular flexibility index (Phi) is 14.3. The molecule has 6 rings (SSSR count). The molecule has 2 saturated heterocycles. The number of hydrogen-bond donors (Lipinski definition) is 3. The number of fused-ring (bicyclic) bond motifs is 1. The number of methoxy groups -OCH3 is 2. The largest absolute Gasteiger partial charge is 0.496 e. The fourth-order valence-electron chi connectivity index (χ4n) is 8.15. The zero-order chi connectivity index (χ0) is 39.4. The number of carbonyl (C=O) groups excluding carboxylic acids is 3. The van der Waals surface area contributed by atoms with Crippen LogP contribution in [-0.2, 0) is 34.3 Å². The van der Waals surface area contributed by atoms with Gasteiger partial charge in [-0.3, -0.25) is 34.6 Å². The van der Waals surface area contributed by atoms with E-state index in [1.165, 1.54) is 30.3 Å². The number of hydrogen-bond acceptors (Lipinski definition) is 9. The number of H-pyrrole nitrogens is 1. The quantitative estimate of drug-likeness (QED) is 0.0816. The second kappa shape index (κ2) is 19.7. The van der Waals surface area contributed by atoms with Crippen molar-refractivity contribution in [1.82, 2.24) is 35.3 Å². The number of carbonyl (C=O) groups is 3. The van der Waals surface area contributed by atoms with Gasteiger partial charge in [0, 0.05) is 72.9 Å². The summed E-state index contributed by atoms with van der Waals surface area (Å²) in [6, 6.07) is 8.12. The van der Waals surface area contributed by atoms with Gasteiger partial charge in [-0.1, -0.05) is 31.7 Å². The molecule has 0 spiro atoms. The van der Waals surface area contributed by atoms with Gasteiger partial charge in [0.05, 0.1) is 20.4 Å². The third-order valence-electron chi connectivity index (χ3n) is 11.4. The zero-order valence-corrected chi connectivity index (χ0v) is 33.2. The lowest BCUT2D eigenvalue weighted by Crippen LogP contribution is -2.41. The molecule has 0 radical (unpaired) electrons. The first kappa shape index (κ1) is 40.6. The molecule has 0 bridgehead atoms. The van der Waals surface area contributed by atoms with Gasteiger partial charge in [-0.2, -0.15) is 5.10 Å². The molecule has 3 amide bonds. The van der Waals surface area contributed by atoms with Crippen LogP contribution in [0.25, 0.3) is 22.0 Å². The van der Waals surface area contributed by atoms with Crippen molar-refractivity contribution in [3.05, 3.63) is 70.0 Å². The van der Waals surface area contributed by atoms with E-state index < -0.39 is 0 Å². The molecule has 2 aliphatic heterocycles. The van der Waals surface area contributed by atoms with Crippen LogP contribution in [0.4, 0.5) is 0 Å². The van der Waals surface area contributed by atoms with Gasteiger partial charge in [-0.15, -0.1) is 0 Å². The Balaban J connectivity index is 0.813. The predicted octanol–water partition coefficient (Wildman–Crippen LogP) is 5.60. The van der Waals surface area contributed by atoms with E-state index in [0.717, 1.165) is 78.7 Å². The minimum absolute atomic E-state index is 0.0634. The molecule has 2 fully saturated rings. The van der Waals surface area contributed by atoms with Crippen LogP contribution in [0.5, 0.6) is 11.5 Å². The summed E-state index contributed by atoms with van der Waals surface area (Å²) in [5.74, 6) is 1.42. The number of likely N-dealkylation sites (tertiary alicyclic amines) is 1. The Morgan fingerprint density at radius 3 is 2.36 bits per heavy atom. The lowest BCUT2D eigenvalue weighted by Gasteiger charge is -2.31. The standard InChI is InChI=1S/C43H57N7O6/c1-49-28-35(34-27-46-48-41(34)43(49)54)32-24-37(55-2)33(38(25-32)56-3)11-10-12-39(51)44-19-8-6-4-5-7-9-20-50-21-17-30(18-22-50)36-15-13-29(26-45-36)23-31-14-16-40(52)47-42(31)53/h13,15,24-28,30-31H,4-12,14,16-23H2,1-3H3,(H,44,51)(H,46,48)(H,47,52,53). The number of nitrogens with one attached hydrogen (secondary N) is 3. The summed E-state index contributed by atoms with van der Waals surface area (Å²) in [4.78, 5) is 56.0. The molecule has 2 aliphatic rings. The van der Waals surface area contributed by atoms with Crippen LogP contribution in [0.1, 0.15) is 99.8 Å². The molecular formula is C43H57N7O6. The van der Waals surface area contributed by atoms with Gasteiger partial charge in [-0.05, 0) is 100 Å². The molecule has 1 atom stereocenters. The maximum atomic E-state index is 12.6. The van der Waals surface area contributed by atoms with E-state index in [4.69, 9.17) is 14.5 Å². The van der Waals surface area contributed by atoms with Gasteiger partial charge in [0.1, 0.15) is 17.0 Å². The van der Waals surface area contributed by atoms with E-state index >= 15 is 0 Å². The van der Waals surface area contributed by atoms with Crippen molar-refractivity contribution in [3.8, 4) is 22.6 Å². The summed E-state index contributed by atoms with van der Waals surface area (Å²) < 4.78 is 13.1. The van der Waals surface area contributed by atoms with E-state index in [9.17, 15) is 19.2 Å². The number of piperidine rings is 2. The second-order valence-electron chi connectivity index (χ2n) is 15.4. The molecule has 300 valence electrons. The highest BCUT2D eigenvalue weighted by atomic mass is 16.5. The van der Waals surface area contributed by atoms with Crippen molar-refractivity contribution in [1.29, 1.82) is 0 Å². The Bertz CT molecular complexity index is 1990. The van der Waals surface area contributed by atoms with Crippen LogP contribution in [0.2, 0.25) is 0 Å². The Morgan fingerprint density at radius 2 is 1.66 bits per heavy atom. The summed E-state index contributed by atoms with van der Waals surface area (Å²) >= 11 is 0. The monoisotopic (exact) mass is 767 g/mol. The van der Waals surface area contributed by atoms with Crippen LogP contribution in [0.3, 0.4) is 0 Å². The van der Waals surface area contributed by atoms with Crippen molar-refractivity contribution in [3.63, 3.8) is 0 Å². The summed E-state index contributed by atoms with van der Waals surface area (Å²) in [6.45, 7) is 4.05. The van der Waals surface area contributed by atoms with Gasteiger partial charge >= 0.3 is 0 Å². The van der Waals surface area contributed by atoms with Crippen molar-refractivity contribution in [2.24, 2.45) is 13.0 Å². The van der Waals surface area contributed by atoms with Gasteiger partial charge in [0.15, 0.2) is 0 Å². The molecule has 0 saturated carbocycles. The molecule has 56 heavy (non-hydrogen) atoms.